The topological polar surface area (TPSA) is 80.5 Å². The maximum atomic E-state index is 12.9. The van der Waals surface area contributed by atoms with Crippen LogP contribution in [0.3, 0.4) is 0 Å². The number of anilines is 1. The Morgan fingerprint density at radius 3 is 2.39 bits per heavy atom. The molecule has 1 aromatic heterocycles. The average molecular weight is 434 g/mol. The predicted octanol–water partition coefficient (Wildman–Crippen LogP) is 3.55. The standard InChI is InChI=1S/C23H23N5O2S/c1-18-12-14-20(15-13-18)31(29,30)17-24-23(16-27(2)19-8-4-3-5-9-19)28-22-11-7-6-10-21(22)25-26-28/h3-15H,16-17H2,1-2H3/b24-23+. The molecule has 7 nitrogen and oxygen atoms in total. The predicted molar refractivity (Wildman–Crippen MR) is 123 cm³/mol. The van der Waals surface area contributed by atoms with Gasteiger partial charge in [0.1, 0.15) is 17.2 Å². The first-order valence-electron chi connectivity index (χ1n) is 9.84. The van der Waals surface area contributed by atoms with Crippen LogP contribution in [-0.2, 0) is 9.84 Å². The van der Waals surface area contributed by atoms with E-state index in [1.54, 1.807) is 28.9 Å². The lowest BCUT2D eigenvalue weighted by Gasteiger charge is -2.20. The molecular formula is C23H23N5O2S. The number of rotatable bonds is 6. The first-order chi connectivity index (χ1) is 14.9. The number of likely N-dealkylation sites (N-methyl/N-ethyl adjacent to an activating group) is 1. The Morgan fingerprint density at radius 1 is 0.968 bits per heavy atom. The molecule has 0 unspecified atom stereocenters. The minimum absolute atomic E-state index is 0.251. The minimum atomic E-state index is -3.58. The van der Waals surface area contributed by atoms with Gasteiger partial charge in [-0.25, -0.2) is 8.42 Å². The Bertz CT molecular complexity index is 1310. The molecule has 0 aliphatic rings. The summed E-state index contributed by atoms with van der Waals surface area (Å²) < 4.78 is 27.4. The minimum Gasteiger partial charge on any atom is -0.367 e. The fourth-order valence-electron chi connectivity index (χ4n) is 3.21. The molecule has 4 rings (SSSR count). The summed E-state index contributed by atoms with van der Waals surface area (Å²) in [6.45, 7) is 2.28. The monoisotopic (exact) mass is 433 g/mol. The summed E-state index contributed by atoms with van der Waals surface area (Å²) in [5.74, 6) is 0.123. The van der Waals surface area contributed by atoms with Crippen molar-refractivity contribution in [3.05, 3.63) is 84.4 Å². The number of benzene rings is 3. The molecule has 4 aromatic rings. The first-order valence-corrected chi connectivity index (χ1v) is 11.5. The molecule has 8 heteroatoms. The molecule has 0 aliphatic carbocycles. The van der Waals surface area contributed by atoms with Crippen molar-refractivity contribution in [2.75, 3.05) is 24.4 Å². The lowest BCUT2D eigenvalue weighted by molar-refractivity contribution is 0.596. The number of hydrogen-bond donors (Lipinski definition) is 0. The zero-order chi connectivity index (χ0) is 21.8. The van der Waals surface area contributed by atoms with Crippen molar-refractivity contribution >= 4 is 32.4 Å². The van der Waals surface area contributed by atoms with Gasteiger partial charge in [-0.3, -0.25) is 4.99 Å². The summed E-state index contributed by atoms with van der Waals surface area (Å²) in [5, 5.41) is 8.44. The summed E-state index contributed by atoms with van der Waals surface area (Å²) in [5.41, 5.74) is 3.48. The zero-order valence-corrected chi connectivity index (χ0v) is 18.2. The number of aliphatic imine (C=N–C) groups is 1. The molecule has 0 N–H and O–H groups in total. The summed E-state index contributed by atoms with van der Waals surface area (Å²) in [6.07, 6.45) is 0. The van der Waals surface area contributed by atoms with E-state index in [0.717, 1.165) is 22.3 Å². The van der Waals surface area contributed by atoms with Crippen LogP contribution in [0.2, 0.25) is 0 Å². The van der Waals surface area contributed by atoms with Crippen molar-refractivity contribution in [2.45, 2.75) is 11.8 Å². The third kappa shape index (κ3) is 4.64. The molecule has 0 spiro atoms. The van der Waals surface area contributed by atoms with Crippen molar-refractivity contribution in [1.29, 1.82) is 0 Å². The van der Waals surface area contributed by atoms with Gasteiger partial charge in [0.25, 0.3) is 0 Å². The first kappa shape index (κ1) is 20.7. The molecule has 0 saturated heterocycles. The van der Waals surface area contributed by atoms with Gasteiger partial charge in [0.2, 0.25) is 0 Å². The van der Waals surface area contributed by atoms with E-state index in [-0.39, 0.29) is 10.8 Å². The number of para-hydroxylation sites is 2. The number of aromatic nitrogens is 3. The Hall–Kier alpha value is -3.52. The molecule has 0 atom stereocenters. The second-order valence-electron chi connectivity index (χ2n) is 7.31. The number of hydrogen-bond acceptors (Lipinski definition) is 6. The highest BCUT2D eigenvalue weighted by Crippen LogP contribution is 2.16. The number of aryl methyl sites for hydroxylation is 1. The number of sulfone groups is 1. The highest BCUT2D eigenvalue weighted by molar-refractivity contribution is 7.91. The summed E-state index contributed by atoms with van der Waals surface area (Å²) >= 11 is 0. The molecule has 0 bridgehead atoms. The van der Waals surface area contributed by atoms with Crippen LogP contribution in [0.25, 0.3) is 11.0 Å². The molecule has 0 aliphatic heterocycles. The fourth-order valence-corrected chi connectivity index (χ4v) is 4.23. The molecule has 158 valence electrons. The van der Waals surface area contributed by atoms with Crippen LogP contribution in [0.15, 0.2) is 88.8 Å². The van der Waals surface area contributed by atoms with Gasteiger partial charge < -0.3 is 4.90 Å². The highest BCUT2D eigenvalue weighted by Gasteiger charge is 2.17. The van der Waals surface area contributed by atoms with E-state index in [1.165, 1.54) is 0 Å². The van der Waals surface area contributed by atoms with Crippen molar-refractivity contribution in [2.24, 2.45) is 4.99 Å². The molecule has 0 radical (unpaired) electrons. The number of nitrogens with zero attached hydrogens (tertiary/aromatic N) is 5. The van der Waals surface area contributed by atoms with Crippen molar-refractivity contribution in [3.8, 4) is 0 Å². The van der Waals surface area contributed by atoms with Crippen LogP contribution < -0.4 is 4.90 Å². The van der Waals surface area contributed by atoms with Gasteiger partial charge in [-0.2, -0.15) is 4.68 Å². The van der Waals surface area contributed by atoms with E-state index in [1.807, 2.05) is 73.5 Å². The van der Waals surface area contributed by atoms with E-state index in [0.29, 0.717) is 12.4 Å². The Morgan fingerprint density at radius 2 is 1.65 bits per heavy atom. The summed E-state index contributed by atoms with van der Waals surface area (Å²) in [7, 11) is -1.66. The number of fused-ring (bicyclic) bond motifs is 1. The smallest absolute Gasteiger partial charge is 0.198 e. The lowest BCUT2D eigenvalue weighted by Crippen LogP contribution is -2.31. The van der Waals surface area contributed by atoms with Crippen molar-refractivity contribution in [3.63, 3.8) is 0 Å². The average Bonchev–Trinajstić information content (AvgIpc) is 3.21. The maximum Gasteiger partial charge on any atom is 0.198 e. The van der Waals surface area contributed by atoms with Crippen LogP contribution in [0.4, 0.5) is 5.69 Å². The SMILES string of the molecule is Cc1ccc(S(=O)(=O)C/N=C(\CN(C)c2ccccc2)n2nnc3ccccc32)cc1. The van der Waals surface area contributed by atoms with Crippen LogP contribution in [-0.4, -0.2) is 48.7 Å². The van der Waals surface area contributed by atoms with Gasteiger partial charge in [0, 0.05) is 12.7 Å². The quantitative estimate of drug-likeness (QED) is 0.343. The van der Waals surface area contributed by atoms with Gasteiger partial charge in [0.05, 0.1) is 17.0 Å². The van der Waals surface area contributed by atoms with Gasteiger partial charge in [-0.05, 0) is 43.3 Å². The second-order valence-corrected chi connectivity index (χ2v) is 9.27. The molecule has 3 aromatic carbocycles. The molecule has 1 heterocycles. The van der Waals surface area contributed by atoms with Crippen LogP contribution in [0.1, 0.15) is 5.56 Å². The Kier molecular flexibility index (Phi) is 5.81. The van der Waals surface area contributed by atoms with Crippen LogP contribution in [0, 0.1) is 6.92 Å². The lowest BCUT2D eigenvalue weighted by atomic mass is 10.2. The summed E-state index contributed by atoms with van der Waals surface area (Å²) in [4.78, 5) is 6.74. The Labute approximate surface area is 181 Å². The van der Waals surface area contributed by atoms with E-state index in [2.05, 4.69) is 15.3 Å². The van der Waals surface area contributed by atoms with Gasteiger partial charge in [-0.15, -0.1) is 5.10 Å². The molecule has 0 amide bonds. The van der Waals surface area contributed by atoms with Gasteiger partial charge in [0.15, 0.2) is 9.84 Å². The maximum absolute atomic E-state index is 12.9. The van der Waals surface area contributed by atoms with Crippen LogP contribution in [0.5, 0.6) is 0 Å². The van der Waals surface area contributed by atoms with Gasteiger partial charge in [-0.1, -0.05) is 53.2 Å². The van der Waals surface area contributed by atoms with Crippen LogP contribution >= 0.6 is 0 Å². The van der Waals surface area contributed by atoms with E-state index < -0.39 is 9.84 Å². The largest absolute Gasteiger partial charge is 0.367 e. The van der Waals surface area contributed by atoms with Gasteiger partial charge >= 0.3 is 0 Å². The highest BCUT2D eigenvalue weighted by atomic mass is 32.2. The second kappa shape index (κ2) is 8.69. The van der Waals surface area contributed by atoms with Crippen molar-refractivity contribution in [1.82, 2.24) is 15.0 Å². The molecule has 31 heavy (non-hydrogen) atoms. The molecule has 0 saturated carbocycles. The van der Waals surface area contributed by atoms with Crippen molar-refractivity contribution < 1.29 is 8.42 Å². The van der Waals surface area contributed by atoms with E-state index in [9.17, 15) is 8.42 Å². The zero-order valence-electron chi connectivity index (χ0n) is 17.4. The normalized spacial score (nSPS) is 12.3. The van der Waals surface area contributed by atoms with E-state index in [4.69, 9.17) is 0 Å². The molecular weight excluding hydrogens is 410 g/mol. The summed E-state index contributed by atoms with van der Waals surface area (Å²) in [6, 6.07) is 24.2. The van der Waals surface area contributed by atoms with E-state index >= 15 is 0 Å². The fraction of sp³-hybridized carbons (Fsp3) is 0.174. The third-order valence-corrected chi connectivity index (χ3v) is 6.43. The third-order valence-electron chi connectivity index (χ3n) is 4.97. The molecule has 0 fully saturated rings. The Balaban J connectivity index is 1.70.